The molecule has 3 aromatic carbocycles. The average Bonchev–Trinajstić information content (AvgIpc) is 2.91. The molecule has 0 fully saturated rings. The number of pyridine rings is 2. The highest BCUT2D eigenvalue weighted by Gasteiger charge is 2.31. The van der Waals surface area contributed by atoms with Gasteiger partial charge in [0.25, 0.3) is 0 Å². The van der Waals surface area contributed by atoms with Gasteiger partial charge < -0.3 is 10.0 Å². The molecule has 3 heterocycles. The fraction of sp³-hybridized carbons (Fsp3) is 0.188. The maximum absolute atomic E-state index is 10.4. The molecule has 0 unspecified atom stereocenters. The molecule has 0 saturated carbocycles. The molecule has 6 rings (SSSR count). The number of phenols is 1. The third-order valence-electron chi connectivity index (χ3n) is 7.03. The lowest BCUT2D eigenvalue weighted by Gasteiger charge is -2.42. The number of phenolic OH excluding ortho intramolecular Hbond substituents is 1. The van der Waals surface area contributed by atoms with E-state index in [0.717, 1.165) is 45.2 Å². The van der Waals surface area contributed by atoms with Crippen LogP contribution in [0.1, 0.15) is 39.2 Å². The Labute approximate surface area is 217 Å². The first kappa shape index (κ1) is 23.0. The van der Waals surface area contributed by atoms with Crippen LogP contribution in [0, 0.1) is 0 Å². The molecule has 5 aromatic rings. The van der Waals surface area contributed by atoms with Crippen LogP contribution in [0.15, 0.2) is 91.1 Å². The number of anilines is 5. The maximum atomic E-state index is 10.4. The molecule has 0 spiro atoms. The van der Waals surface area contributed by atoms with Gasteiger partial charge in [0, 0.05) is 23.2 Å². The second kappa shape index (κ2) is 8.93. The SMILES string of the molecule is CC(C)c1ccnc(N2c3ccccc3N(C(C)C)c3ccc(-c4ccc5cccc(O)c5n4)cc32)c1. The first-order valence-electron chi connectivity index (χ1n) is 12.8. The van der Waals surface area contributed by atoms with E-state index in [9.17, 15) is 5.11 Å². The molecule has 0 bridgehead atoms. The second-order valence-electron chi connectivity index (χ2n) is 10.1. The molecule has 184 valence electrons. The number of nitrogens with zero attached hydrogens (tertiary/aromatic N) is 4. The molecule has 0 aliphatic carbocycles. The molecule has 1 aliphatic heterocycles. The number of hydrogen-bond donors (Lipinski definition) is 1. The van der Waals surface area contributed by atoms with Crippen LogP contribution in [-0.4, -0.2) is 21.1 Å². The summed E-state index contributed by atoms with van der Waals surface area (Å²) in [5.74, 6) is 1.48. The van der Waals surface area contributed by atoms with Gasteiger partial charge in [-0.3, -0.25) is 4.90 Å². The normalized spacial score (nSPS) is 12.8. The summed E-state index contributed by atoms with van der Waals surface area (Å²) in [5, 5.41) is 11.3. The Kier molecular flexibility index (Phi) is 5.56. The Morgan fingerprint density at radius 1 is 0.730 bits per heavy atom. The van der Waals surface area contributed by atoms with Crippen molar-refractivity contribution in [2.75, 3.05) is 9.80 Å². The number of fused-ring (bicyclic) bond motifs is 3. The lowest BCUT2D eigenvalue weighted by Crippen LogP contribution is -2.32. The zero-order valence-corrected chi connectivity index (χ0v) is 21.6. The number of aromatic nitrogens is 2. The maximum Gasteiger partial charge on any atom is 0.141 e. The standard InChI is InChI=1S/C32H30N4O/c1-20(2)23-16-17-33-31(19-23)36-27-10-6-5-9-26(27)35(21(3)4)28-15-13-24(18-29(28)36)25-14-12-22-8-7-11-30(37)32(22)34-25/h5-21,37H,1-4H3. The molecular weight excluding hydrogens is 456 g/mol. The van der Waals surface area contributed by atoms with Crippen LogP contribution in [0.5, 0.6) is 5.75 Å². The smallest absolute Gasteiger partial charge is 0.141 e. The van der Waals surface area contributed by atoms with Gasteiger partial charge in [-0.15, -0.1) is 0 Å². The molecule has 5 nitrogen and oxygen atoms in total. The highest BCUT2D eigenvalue weighted by Crippen LogP contribution is 2.52. The third-order valence-corrected chi connectivity index (χ3v) is 7.03. The molecule has 1 aliphatic rings. The van der Waals surface area contributed by atoms with Crippen LogP contribution >= 0.6 is 0 Å². The summed E-state index contributed by atoms with van der Waals surface area (Å²) < 4.78 is 0. The lowest BCUT2D eigenvalue weighted by atomic mass is 10.0. The molecule has 0 radical (unpaired) electrons. The topological polar surface area (TPSA) is 52.5 Å². The van der Waals surface area contributed by atoms with Crippen LogP contribution in [0.4, 0.5) is 28.6 Å². The van der Waals surface area contributed by atoms with Gasteiger partial charge in [-0.25, -0.2) is 9.97 Å². The second-order valence-corrected chi connectivity index (χ2v) is 10.1. The van der Waals surface area contributed by atoms with E-state index in [1.54, 1.807) is 6.07 Å². The van der Waals surface area contributed by atoms with Crippen molar-refractivity contribution in [1.82, 2.24) is 9.97 Å². The Balaban J connectivity index is 1.59. The quantitative estimate of drug-likeness (QED) is 0.276. The Morgan fingerprint density at radius 3 is 2.30 bits per heavy atom. The minimum absolute atomic E-state index is 0.188. The van der Waals surface area contributed by atoms with Crippen molar-refractivity contribution in [3.63, 3.8) is 0 Å². The Morgan fingerprint density at radius 2 is 1.51 bits per heavy atom. The van der Waals surface area contributed by atoms with E-state index in [0.29, 0.717) is 11.4 Å². The number of benzene rings is 3. The van der Waals surface area contributed by atoms with Gasteiger partial charge in [0.1, 0.15) is 17.1 Å². The van der Waals surface area contributed by atoms with E-state index in [-0.39, 0.29) is 11.8 Å². The van der Waals surface area contributed by atoms with Gasteiger partial charge in [0.05, 0.1) is 28.4 Å². The summed E-state index contributed by atoms with van der Waals surface area (Å²) in [7, 11) is 0. The zero-order valence-electron chi connectivity index (χ0n) is 21.6. The molecular formula is C32H30N4O. The fourth-order valence-corrected chi connectivity index (χ4v) is 5.19. The van der Waals surface area contributed by atoms with Crippen LogP contribution in [0.25, 0.3) is 22.2 Å². The van der Waals surface area contributed by atoms with E-state index < -0.39 is 0 Å². The minimum Gasteiger partial charge on any atom is -0.506 e. The molecule has 1 N–H and O–H groups in total. The molecule has 0 atom stereocenters. The monoisotopic (exact) mass is 486 g/mol. The number of aromatic hydroxyl groups is 1. The van der Waals surface area contributed by atoms with E-state index in [1.807, 2.05) is 30.5 Å². The van der Waals surface area contributed by atoms with Gasteiger partial charge in [0.15, 0.2) is 0 Å². The van der Waals surface area contributed by atoms with Crippen molar-refractivity contribution >= 4 is 39.5 Å². The van der Waals surface area contributed by atoms with Crippen LogP contribution in [-0.2, 0) is 0 Å². The fourth-order valence-electron chi connectivity index (χ4n) is 5.19. The van der Waals surface area contributed by atoms with E-state index in [4.69, 9.17) is 9.97 Å². The van der Waals surface area contributed by atoms with Crippen molar-refractivity contribution in [1.29, 1.82) is 0 Å². The van der Waals surface area contributed by atoms with E-state index >= 15 is 0 Å². The van der Waals surface area contributed by atoms with Gasteiger partial charge in [-0.2, -0.15) is 0 Å². The van der Waals surface area contributed by atoms with Gasteiger partial charge in [-0.05, 0) is 73.9 Å². The van der Waals surface area contributed by atoms with Crippen molar-refractivity contribution in [2.24, 2.45) is 0 Å². The summed E-state index contributed by atoms with van der Waals surface area (Å²) in [6.07, 6.45) is 1.90. The summed E-state index contributed by atoms with van der Waals surface area (Å²) in [6, 6.07) is 29.1. The molecule has 2 aromatic heterocycles. The van der Waals surface area contributed by atoms with Crippen LogP contribution < -0.4 is 9.80 Å². The first-order chi connectivity index (χ1) is 17.9. The van der Waals surface area contributed by atoms with Gasteiger partial charge in [-0.1, -0.05) is 50.2 Å². The third kappa shape index (κ3) is 3.87. The molecule has 0 amide bonds. The summed E-state index contributed by atoms with van der Waals surface area (Å²) >= 11 is 0. The molecule has 5 heteroatoms. The predicted molar refractivity (Wildman–Crippen MR) is 153 cm³/mol. The summed E-state index contributed by atoms with van der Waals surface area (Å²) in [6.45, 7) is 8.85. The summed E-state index contributed by atoms with van der Waals surface area (Å²) in [4.78, 5) is 14.3. The predicted octanol–water partition coefficient (Wildman–Crippen LogP) is 8.46. The highest BCUT2D eigenvalue weighted by atomic mass is 16.3. The Bertz CT molecular complexity index is 1630. The number of para-hydroxylation sites is 3. The number of hydrogen-bond acceptors (Lipinski definition) is 5. The Hall–Kier alpha value is -4.38. The lowest BCUT2D eigenvalue weighted by molar-refractivity contribution is 0.480. The molecule has 0 saturated heterocycles. The average molecular weight is 487 g/mol. The highest BCUT2D eigenvalue weighted by molar-refractivity contribution is 5.99. The van der Waals surface area contributed by atoms with Gasteiger partial charge >= 0.3 is 0 Å². The van der Waals surface area contributed by atoms with E-state index in [2.05, 4.69) is 92.1 Å². The molecule has 37 heavy (non-hydrogen) atoms. The minimum atomic E-state index is 0.188. The van der Waals surface area contributed by atoms with Crippen molar-refractivity contribution in [3.05, 3.63) is 96.7 Å². The zero-order chi connectivity index (χ0) is 25.7. The van der Waals surface area contributed by atoms with Gasteiger partial charge in [0.2, 0.25) is 0 Å². The van der Waals surface area contributed by atoms with Crippen LogP contribution in [0.3, 0.4) is 0 Å². The van der Waals surface area contributed by atoms with E-state index in [1.165, 1.54) is 5.56 Å². The first-order valence-corrected chi connectivity index (χ1v) is 12.8. The number of rotatable bonds is 4. The van der Waals surface area contributed by atoms with Crippen molar-refractivity contribution in [2.45, 2.75) is 39.7 Å². The van der Waals surface area contributed by atoms with Crippen molar-refractivity contribution in [3.8, 4) is 17.0 Å². The van der Waals surface area contributed by atoms with Crippen LogP contribution in [0.2, 0.25) is 0 Å². The summed E-state index contributed by atoms with van der Waals surface area (Å²) in [5.41, 5.74) is 8.08. The van der Waals surface area contributed by atoms with Crippen molar-refractivity contribution < 1.29 is 5.11 Å². The largest absolute Gasteiger partial charge is 0.506 e.